The zero-order valence-electron chi connectivity index (χ0n) is 16.1. The minimum absolute atomic E-state index is 0.0689. The molecule has 0 radical (unpaired) electrons. The number of aryl methyl sites for hydroxylation is 1. The van der Waals surface area contributed by atoms with Gasteiger partial charge in [-0.2, -0.15) is 0 Å². The van der Waals surface area contributed by atoms with Gasteiger partial charge in [0.1, 0.15) is 5.82 Å². The number of rotatable bonds is 6. The Morgan fingerprint density at radius 1 is 1.04 bits per heavy atom. The van der Waals surface area contributed by atoms with Gasteiger partial charge in [0.15, 0.2) is 12.0 Å². The summed E-state index contributed by atoms with van der Waals surface area (Å²) in [6.07, 6.45) is 6.76. The Balaban J connectivity index is 1.51. The zero-order valence-corrected chi connectivity index (χ0v) is 16.1. The van der Waals surface area contributed by atoms with Crippen molar-refractivity contribution in [3.8, 4) is 0 Å². The highest BCUT2D eigenvalue weighted by Crippen LogP contribution is 2.40. The van der Waals surface area contributed by atoms with Crippen molar-refractivity contribution in [1.82, 2.24) is 0 Å². The molecule has 0 amide bonds. The number of hydrogen-bond acceptors (Lipinski definition) is 2. The fraction of sp³-hybridized carbons (Fsp3) is 0.727. The van der Waals surface area contributed by atoms with E-state index >= 15 is 0 Å². The van der Waals surface area contributed by atoms with Gasteiger partial charge in [0.05, 0.1) is 13.2 Å². The van der Waals surface area contributed by atoms with E-state index in [1.165, 1.54) is 0 Å². The topological polar surface area (TPSA) is 18.5 Å². The van der Waals surface area contributed by atoms with Crippen molar-refractivity contribution in [3.05, 3.63) is 35.1 Å². The molecule has 1 aromatic carbocycles. The lowest BCUT2D eigenvalue weighted by atomic mass is 9.78. The summed E-state index contributed by atoms with van der Waals surface area (Å²) in [6.45, 7) is 4.34. The highest BCUT2D eigenvalue weighted by Gasteiger charge is 2.40. The summed E-state index contributed by atoms with van der Waals surface area (Å²) in [5.41, 5.74) is 0.605. The molecule has 0 bridgehead atoms. The standard InChI is InChI=1S/C22H32F2O2/c1-3-5-17-8-11-19(13-20(17)23)16-6-9-18(10-7-16)21-25-14-22(24,12-4-2)15-26-21/h8,11,13,16,18,21H,3-7,9-10,12,14-15H2,1-2H3. The third kappa shape index (κ3) is 4.64. The van der Waals surface area contributed by atoms with Gasteiger partial charge >= 0.3 is 0 Å². The summed E-state index contributed by atoms with van der Waals surface area (Å²) >= 11 is 0. The van der Waals surface area contributed by atoms with E-state index in [-0.39, 0.29) is 25.3 Å². The number of halogens is 2. The van der Waals surface area contributed by atoms with Crippen LogP contribution in [0.1, 0.15) is 75.8 Å². The Labute approximate surface area is 156 Å². The fourth-order valence-electron chi connectivity index (χ4n) is 4.43. The minimum Gasteiger partial charge on any atom is -0.349 e. The summed E-state index contributed by atoms with van der Waals surface area (Å²) in [6, 6.07) is 5.77. The first-order valence-electron chi connectivity index (χ1n) is 10.2. The molecule has 2 fully saturated rings. The van der Waals surface area contributed by atoms with Gasteiger partial charge < -0.3 is 9.47 Å². The molecule has 1 saturated heterocycles. The molecule has 1 saturated carbocycles. The van der Waals surface area contributed by atoms with Gasteiger partial charge in [-0.05, 0) is 61.6 Å². The van der Waals surface area contributed by atoms with Gasteiger partial charge in [-0.25, -0.2) is 8.78 Å². The lowest BCUT2D eigenvalue weighted by molar-refractivity contribution is -0.257. The Morgan fingerprint density at radius 2 is 1.73 bits per heavy atom. The van der Waals surface area contributed by atoms with Crippen molar-refractivity contribution in [1.29, 1.82) is 0 Å². The molecule has 0 N–H and O–H groups in total. The number of ether oxygens (including phenoxy) is 2. The van der Waals surface area contributed by atoms with Crippen molar-refractivity contribution in [2.75, 3.05) is 13.2 Å². The first-order valence-corrected chi connectivity index (χ1v) is 10.2. The quantitative estimate of drug-likeness (QED) is 0.621. The van der Waals surface area contributed by atoms with Crippen molar-refractivity contribution in [2.45, 2.75) is 83.1 Å². The number of benzene rings is 1. The second-order valence-corrected chi connectivity index (χ2v) is 8.10. The minimum atomic E-state index is -1.32. The second kappa shape index (κ2) is 8.79. The van der Waals surface area contributed by atoms with Gasteiger partial charge in [-0.3, -0.25) is 0 Å². The molecule has 1 aliphatic heterocycles. The predicted octanol–water partition coefficient (Wildman–Crippen LogP) is 5.93. The smallest absolute Gasteiger partial charge is 0.160 e. The summed E-state index contributed by atoms with van der Waals surface area (Å²) in [5.74, 6) is 0.655. The lowest BCUT2D eigenvalue weighted by Crippen LogP contribution is -2.46. The Bertz CT molecular complexity index is 574. The maximum Gasteiger partial charge on any atom is 0.160 e. The van der Waals surface area contributed by atoms with Crippen LogP contribution < -0.4 is 0 Å². The van der Waals surface area contributed by atoms with Crippen LogP contribution in [-0.2, 0) is 15.9 Å². The normalized spacial score (nSPS) is 32.5. The van der Waals surface area contributed by atoms with E-state index in [0.717, 1.165) is 56.1 Å². The molecular weight excluding hydrogens is 334 g/mol. The monoisotopic (exact) mass is 366 g/mol. The van der Waals surface area contributed by atoms with Crippen LogP contribution in [0, 0.1) is 11.7 Å². The van der Waals surface area contributed by atoms with Crippen molar-refractivity contribution < 1.29 is 18.3 Å². The molecule has 4 heteroatoms. The molecule has 26 heavy (non-hydrogen) atoms. The first-order chi connectivity index (χ1) is 12.5. The predicted molar refractivity (Wildman–Crippen MR) is 99.5 cm³/mol. The van der Waals surface area contributed by atoms with Crippen LogP contribution in [-0.4, -0.2) is 25.2 Å². The summed E-state index contributed by atoms with van der Waals surface area (Å²) in [4.78, 5) is 0. The van der Waals surface area contributed by atoms with Crippen LogP contribution in [0.3, 0.4) is 0 Å². The molecule has 2 nitrogen and oxygen atoms in total. The molecule has 1 aromatic rings. The van der Waals surface area contributed by atoms with E-state index in [2.05, 4.69) is 13.0 Å². The SMILES string of the molecule is CCCc1ccc(C2CCC(C3OCC(F)(CCC)CO3)CC2)cc1F. The summed E-state index contributed by atoms with van der Waals surface area (Å²) < 4.78 is 40.1. The van der Waals surface area contributed by atoms with E-state index in [1.54, 1.807) is 6.07 Å². The zero-order chi connectivity index (χ0) is 18.6. The van der Waals surface area contributed by atoms with Gasteiger partial charge in [-0.1, -0.05) is 38.8 Å². The summed E-state index contributed by atoms with van der Waals surface area (Å²) in [7, 11) is 0. The second-order valence-electron chi connectivity index (χ2n) is 8.10. The van der Waals surface area contributed by atoms with Gasteiger partial charge in [-0.15, -0.1) is 0 Å². The van der Waals surface area contributed by atoms with E-state index < -0.39 is 5.67 Å². The van der Waals surface area contributed by atoms with Crippen molar-refractivity contribution >= 4 is 0 Å². The highest BCUT2D eigenvalue weighted by atomic mass is 19.1. The van der Waals surface area contributed by atoms with Crippen LogP contribution in [0.25, 0.3) is 0 Å². The molecule has 0 atom stereocenters. The maximum atomic E-state index is 14.4. The van der Waals surface area contributed by atoms with Crippen molar-refractivity contribution in [3.63, 3.8) is 0 Å². The Kier molecular flexibility index (Phi) is 6.68. The summed E-state index contributed by atoms with van der Waals surface area (Å²) in [5, 5.41) is 0. The third-order valence-electron chi connectivity index (χ3n) is 5.94. The van der Waals surface area contributed by atoms with E-state index in [0.29, 0.717) is 18.3 Å². The molecule has 0 spiro atoms. The van der Waals surface area contributed by atoms with Crippen molar-refractivity contribution in [2.24, 2.45) is 5.92 Å². The molecule has 2 aliphatic rings. The average molecular weight is 366 g/mol. The van der Waals surface area contributed by atoms with Gasteiger partial charge in [0, 0.05) is 5.92 Å². The number of hydrogen-bond donors (Lipinski definition) is 0. The fourth-order valence-corrected chi connectivity index (χ4v) is 4.43. The van der Waals surface area contributed by atoms with E-state index in [1.807, 2.05) is 13.0 Å². The molecule has 146 valence electrons. The molecule has 0 aromatic heterocycles. The van der Waals surface area contributed by atoms with Crippen LogP contribution in [0.2, 0.25) is 0 Å². The Morgan fingerprint density at radius 3 is 2.31 bits per heavy atom. The molecule has 3 rings (SSSR count). The molecule has 1 heterocycles. The van der Waals surface area contributed by atoms with E-state index in [9.17, 15) is 8.78 Å². The Hall–Kier alpha value is -1.00. The molecular formula is C22H32F2O2. The number of alkyl halides is 1. The van der Waals surface area contributed by atoms with E-state index in [4.69, 9.17) is 9.47 Å². The largest absolute Gasteiger partial charge is 0.349 e. The van der Waals surface area contributed by atoms with Gasteiger partial charge in [0.2, 0.25) is 0 Å². The first kappa shape index (κ1) is 19.8. The van der Waals surface area contributed by atoms with Crippen LogP contribution in [0.4, 0.5) is 8.78 Å². The van der Waals surface area contributed by atoms with Crippen LogP contribution in [0.5, 0.6) is 0 Å². The van der Waals surface area contributed by atoms with Crippen LogP contribution >= 0.6 is 0 Å². The molecule has 0 unspecified atom stereocenters. The maximum absolute atomic E-state index is 14.4. The lowest BCUT2D eigenvalue weighted by Gasteiger charge is -2.40. The van der Waals surface area contributed by atoms with Gasteiger partial charge in [0.25, 0.3) is 0 Å². The molecule has 1 aliphatic carbocycles. The average Bonchev–Trinajstić information content (AvgIpc) is 2.64. The van der Waals surface area contributed by atoms with Crippen LogP contribution in [0.15, 0.2) is 18.2 Å². The highest BCUT2D eigenvalue weighted by molar-refractivity contribution is 5.27. The third-order valence-corrected chi connectivity index (χ3v) is 5.94.